The van der Waals surface area contributed by atoms with E-state index < -0.39 is 30.6 Å². The molecule has 1 heterocycles. The maximum absolute atomic E-state index is 9.51. The third kappa shape index (κ3) is 1.98. The molecule has 0 bridgehead atoms. The van der Waals surface area contributed by atoms with Gasteiger partial charge in [0.2, 0.25) is 0 Å². The number of methoxy groups -OCH3 is 1. The lowest BCUT2D eigenvalue weighted by molar-refractivity contribution is -0.254. The van der Waals surface area contributed by atoms with Crippen molar-refractivity contribution >= 4 is 0 Å². The molecule has 1 aliphatic rings. The molecule has 6 nitrogen and oxygen atoms in total. The van der Waals surface area contributed by atoms with Crippen molar-refractivity contribution in [1.82, 2.24) is 0 Å². The first kappa shape index (κ1) is 10.8. The van der Waals surface area contributed by atoms with Crippen LogP contribution in [0.15, 0.2) is 0 Å². The monoisotopic (exact) mass is 193 g/mol. The maximum atomic E-state index is 9.51. The van der Waals surface area contributed by atoms with Crippen LogP contribution in [-0.4, -0.2) is 59.7 Å². The van der Waals surface area contributed by atoms with Crippen molar-refractivity contribution in [2.75, 3.05) is 13.7 Å². The molecular formula is C7H15NO5. The Balaban J connectivity index is 2.69. The zero-order chi connectivity index (χ0) is 10.0. The number of hydrogen-bond donors (Lipinski definition) is 4. The Morgan fingerprint density at radius 1 is 1.46 bits per heavy atom. The van der Waals surface area contributed by atoms with Gasteiger partial charge in [0.1, 0.15) is 18.3 Å². The molecule has 0 unspecified atom stereocenters. The van der Waals surface area contributed by atoms with Gasteiger partial charge in [-0.15, -0.1) is 0 Å². The number of ether oxygens (including phenoxy) is 2. The van der Waals surface area contributed by atoms with Crippen molar-refractivity contribution in [3.8, 4) is 0 Å². The predicted octanol–water partition coefficient (Wildman–Crippen LogP) is -2.60. The van der Waals surface area contributed by atoms with Crippen LogP contribution in [0.4, 0.5) is 0 Å². The fourth-order valence-electron chi connectivity index (χ4n) is 1.39. The van der Waals surface area contributed by atoms with Gasteiger partial charge in [-0.3, -0.25) is 0 Å². The lowest BCUT2D eigenvalue weighted by Crippen LogP contribution is -2.62. The molecule has 1 saturated heterocycles. The highest BCUT2D eigenvalue weighted by atomic mass is 16.6. The summed E-state index contributed by atoms with van der Waals surface area (Å²) in [6, 6.07) is -0.909. The lowest BCUT2D eigenvalue weighted by atomic mass is 9.98. The Morgan fingerprint density at radius 3 is 2.54 bits per heavy atom. The third-order valence-corrected chi connectivity index (χ3v) is 2.19. The van der Waals surface area contributed by atoms with Crippen molar-refractivity contribution in [3.63, 3.8) is 0 Å². The van der Waals surface area contributed by atoms with Gasteiger partial charge in [-0.05, 0) is 0 Å². The Labute approximate surface area is 75.9 Å². The topological polar surface area (TPSA) is 105 Å². The maximum Gasteiger partial charge on any atom is 0.173 e. The Hall–Kier alpha value is -0.240. The van der Waals surface area contributed by atoms with Crippen LogP contribution in [0, 0.1) is 0 Å². The summed E-state index contributed by atoms with van der Waals surface area (Å²) in [5.74, 6) is 0. The second kappa shape index (κ2) is 4.32. The zero-order valence-corrected chi connectivity index (χ0v) is 7.33. The Bertz CT molecular complexity index is 165. The summed E-state index contributed by atoms with van der Waals surface area (Å²) in [5.41, 5.74) is 5.42. The number of aliphatic hydroxyl groups is 3. The molecule has 1 aliphatic heterocycles. The van der Waals surface area contributed by atoms with E-state index in [4.69, 9.17) is 20.3 Å². The SMILES string of the molecule is CO[C@@H]1[C@H](O)[C@@H](N)[C@@H](O)O[C@@H]1CO. The summed E-state index contributed by atoms with van der Waals surface area (Å²) < 4.78 is 9.82. The molecule has 78 valence electrons. The normalized spacial score (nSPS) is 46.4. The summed E-state index contributed by atoms with van der Waals surface area (Å²) in [5, 5.41) is 27.5. The second-order valence-electron chi connectivity index (χ2n) is 3.02. The molecule has 0 aliphatic carbocycles. The van der Waals surface area contributed by atoms with Gasteiger partial charge in [-0.1, -0.05) is 0 Å². The van der Waals surface area contributed by atoms with E-state index in [-0.39, 0.29) is 6.61 Å². The quantitative estimate of drug-likeness (QED) is 0.383. The minimum atomic E-state index is -1.27. The minimum Gasteiger partial charge on any atom is -0.394 e. The van der Waals surface area contributed by atoms with E-state index in [9.17, 15) is 10.2 Å². The van der Waals surface area contributed by atoms with Crippen molar-refractivity contribution in [2.24, 2.45) is 5.73 Å². The van der Waals surface area contributed by atoms with Gasteiger partial charge in [0.15, 0.2) is 6.29 Å². The van der Waals surface area contributed by atoms with E-state index in [0.29, 0.717) is 0 Å². The van der Waals surface area contributed by atoms with Crippen LogP contribution >= 0.6 is 0 Å². The molecule has 0 aromatic heterocycles. The van der Waals surface area contributed by atoms with Crippen LogP contribution < -0.4 is 5.73 Å². The molecule has 0 saturated carbocycles. The first-order valence-corrected chi connectivity index (χ1v) is 4.02. The molecule has 0 aromatic rings. The van der Waals surface area contributed by atoms with Gasteiger partial charge in [0.25, 0.3) is 0 Å². The van der Waals surface area contributed by atoms with Crippen LogP contribution in [0.25, 0.3) is 0 Å². The highest BCUT2D eigenvalue weighted by Crippen LogP contribution is 2.20. The third-order valence-electron chi connectivity index (χ3n) is 2.19. The van der Waals surface area contributed by atoms with Gasteiger partial charge in [-0.25, -0.2) is 0 Å². The van der Waals surface area contributed by atoms with Crippen molar-refractivity contribution in [1.29, 1.82) is 0 Å². The summed E-state index contributed by atoms with van der Waals surface area (Å²) >= 11 is 0. The molecule has 13 heavy (non-hydrogen) atoms. The summed E-state index contributed by atoms with van der Waals surface area (Å²) in [4.78, 5) is 0. The first-order chi connectivity index (χ1) is 6.11. The molecule has 1 fully saturated rings. The van der Waals surface area contributed by atoms with E-state index in [1.54, 1.807) is 0 Å². The van der Waals surface area contributed by atoms with Gasteiger partial charge in [-0.2, -0.15) is 0 Å². The van der Waals surface area contributed by atoms with E-state index in [1.807, 2.05) is 0 Å². The molecule has 6 heteroatoms. The number of rotatable bonds is 2. The predicted molar refractivity (Wildman–Crippen MR) is 42.7 cm³/mol. The standard InChI is InChI=1S/C7H15NO5/c1-12-6-3(2-9)13-7(11)4(8)5(6)10/h3-7,9-11H,2,8H2,1H3/t3-,4-,5-,6+,7+/m1/s1. The van der Waals surface area contributed by atoms with Crippen molar-refractivity contribution in [3.05, 3.63) is 0 Å². The number of aliphatic hydroxyl groups excluding tert-OH is 3. The van der Waals surface area contributed by atoms with Crippen LogP contribution in [0.1, 0.15) is 0 Å². The Kier molecular flexibility index (Phi) is 3.60. The molecule has 0 amide bonds. The fourth-order valence-corrected chi connectivity index (χ4v) is 1.39. The average Bonchev–Trinajstić information content (AvgIpc) is 2.13. The van der Waals surface area contributed by atoms with Crippen molar-refractivity contribution < 1.29 is 24.8 Å². The summed E-state index contributed by atoms with van der Waals surface area (Å²) in [6.07, 6.45) is -3.75. The minimum absolute atomic E-state index is 0.334. The fraction of sp³-hybridized carbons (Fsp3) is 1.00. The molecule has 0 radical (unpaired) electrons. The molecule has 1 rings (SSSR count). The van der Waals surface area contributed by atoms with Crippen LogP contribution in [0.2, 0.25) is 0 Å². The van der Waals surface area contributed by atoms with Crippen LogP contribution in [0.3, 0.4) is 0 Å². The summed E-state index contributed by atoms with van der Waals surface area (Å²) in [6.45, 7) is -0.334. The van der Waals surface area contributed by atoms with Gasteiger partial charge in [0.05, 0.1) is 12.6 Å². The highest BCUT2D eigenvalue weighted by molar-refractivity contribution is 4.91. The van der Waals surface area contributed by atoms with E-state index in [0.717, 1.165) is 0 Å². The second-order valence-corrected chi connectivity index (χ2v) is 3.02. The lowest BCUT2D eigenvalue weighted by Gasteiger charge is -2.39. The smallest absolute Gasteiger partial charge is 0.173 e. The van der Waals surface area contributed by atoms with E-state index in [2.05, 4.69) is 0 Å². The zero-order valence-electron chi connectivity index (χ0n) is 7.33. The number of hydrogen-bond acceptors (Lipinski definition) is 6. The Morgan fingerprint density at radius 2 is 2.08 bits per heavy atom. The van der Waals surface area contributed by atoms with Gasteiger partial charge < -0.3 is 30.5 Å². The highest BCUT2D eigenvalue weighted by Gasteiger charge is 2.42. The molecule has 5 atom stereocenters. The first-order valence-electron chi connectivity index (χ1n) is 4.02. The molecule has 0 spiro atoms. The van der Waals surface area contributed by atoms with Gasteiger partial charge >= 0.3 is 0 Å². The molecule has 5 N–H and O–H groups in total. The van der Waals surface area contributed by atoms with Gasteiger partial charge in [0, 0.05) is 7.11 Å². The molecular weight excluding hydrogens is 178 g/mol. The summed E-state index contributed by atoms with van der Waals surface area (Å²) in [7, 11) is 1.38. The molecule has 0 aromatic carbocycles. The van der Waals surface area contributed by atoms with Crippen LogP contribution in [-0.2, 0) is 9.47 Å². The number of nitrogens with two attached hydrogens (primary N) is 1. The van der Waals surface area contributed by atoms with Crippen molar-refractivity contribution in [2.45, 2.75) is 30.6 Å². The largest absolute Gasteiger partial charge is 0.394 e. The van der Waals surface area contributed by atoms with Crippen LogP contribution in [0.5, 0.6) is 0 Å². The van der Waals surface area contributed by atoms with E-state index in [1.165, 1.54) is 7.11 Å². The average molecular weight is 193 g/mol. The van der Waals surface area contributed by atoms with E-state index >= 15 is 0 Å².